The summed E-state index contributed by atoms with van der Waals surface area (Å²) >= 11 is 1.86. The number of thioether (sulfide) groups is 1. The molecule has 0 unspecified atom stereocenters. The summed E-state index contributed by atoms with van der Waals surface area (Å²) in [5.74, 6) is 1.84. The maximum atomic E-state index is 12.4. The molecule has 3 rings (SSSR count). The van der Waals surface area contributed by atoms with Gasteiger partial charge in [-0.3, -0.25) is 4.79 Å². The van der Waals surface area contributed by atoms with E-state index in [0.717, 1.165) is 23.5 Å². The molecule has 1 atom stereocenters. The molecule has 1 heterocycles. The third kappa shape index (κ3) is 3.28. The van der Waals surface area contributed by atoms with Crippen LogP contribution in [0.4, 0.5) is 0 Å². The summed E-state index contributed by atoms with van der Waals surface area (Å²) in [6, 6.07) is 16.1. The van der Waals surface area contributed by atoms with Crippen LogP contribution in [0, 0.1) is 0 Å². The van der Waals surface area contributed by atoms with Gasteiger partial charge in [0.15, 0.2) is 0 Å². The Morgan fingerprint density at radius 1 is 1.23 bits per heavy atom. The Bertz CT molecular complexity index is 672. The Labute approximate surface area is 135 Å². The summed E-state index contributed by atoms with van der Waals surface area (Å²) in [4.78, 5) is 13.7. The summed E-state index contributed by atoms with van der Waals surface area (Å²) in [5.41, 5.74) is 2.15. The van der Waals surface area contributed by atoms with E-state index < -0.39 is 0 Å². The maximum Gasteiger partial charge on any atom is 0.225 e. The standard InChI is InChI=1S/C18H19NO2S/c1-21-16-8-4-2-6-13(16)12-18(20)19-15-10-11-22-17-9-5-3-7-14(15)17/h2-9,15H,10-12H2,1H3,(H,19,20)/t15-/m1/s1. The highest BCUT2D eigenvalue weighted by atomic mass is 32.2. The van der Waals surface area contributed by atoms with E-state index in [1.807, 2.05) is 48.2 Å². The maximum absolute atomic E-state index is 12.4. The molecule has 0 bridgehead atoms. The first-order valence-corrected chi connectivity index (χ1v) is 8.39. The number of carbonyl (C=O) groups is 1. The summed E-state index contributed by atoms with van der Waals surface area (Å²) in [7, 11) is 1.63. The summed E-state index contributed by atoms with van der Waals surface area (Å²) in [6.45, 7) is 0. The van der Waals surface area contributed by atoms with Gasteiger partial charge in [0.2, 0.25) is 5.91 Å². The zero-order valence-electron chi connectivity index (χ0n) is 12.5. The second-order valence-electron chi connectivity index (χ2n) is 5.28. The van der Waals surface area contributed by atoms with E-state index in [0.29, 0.717) is 6.42 Å². The van der Waals surface area contributed by atoms with E-state index >= 15 is 0 Å². The fourth-order valence-electron chi connectivity index (χ4n) is 2.76. The summed E-state index contributed by atoms with van der Waals surface area (Å²) in [5, 5.41) is 3.17. The molecule has 0 saturated heterocycles. The van der Waals surface area contributed by atoms with E-state index in [1.165, 1.54) is 10.5 Å². The number of benzene rings is 2. The quantitative estimate of drug-likeness (QED) is 0.937. The molecule has 2 aromatic rings. The van der Waals surface area contributed by atoms with Crippen LogP contribution < -0.4 is 10.1 Å². The van der Waals surface area contributed by atoms with Crippen LogP contribution in [-0.4, -0.2) is 18.8 Å². The zero-order valence-corrected chi connectivity index (χ0v) is 13.4. The van der Waals surface area contributed by atoms with E-state index in [1.54, 1.807) is 7.11 Å². The van der Waals surface area contributed by atoms with Gasteiger partial charge in [-0.05, 0) is 24.1 Å². The largest absolute Gasteiger partial charge is 0.496 e. The average Bonchev–Trinajstić information content (AvgIpc) is 2.55. The molecule has 0 radical (unpaired) electrons. The molecule has 0 aromatic heterocycles. The van der Waals surface area contributed by atoms with Gasteiger partial charge in [-0.15, -0.1) is 11.8 Å². The Balaban J connectivity index is 1.70. The molecular formula is C18H19NO2S. The molecule has 0 aliphatic carbocycles. The summed E-state index contributed by atoms with van der Waals surface area (Å²) in [6.07, 6.45) is 1.31. The topological polar surface area (TPSA) is 38.3 Å². The van der Waals surface area contributed by atoms with Gasteiger partial charge in [-0.25, -0.2) is 0 Å². The van der Waals surface area contributed by atoms with Crippen LogP contribution >= 0.6 is 11.8 Å². The molecule has 114 valence electrons. The highest BCUT2D eigenvalue weighted by Crippen LogP contribution is 2.35. The predicted octanol–water partition coefficient (Wildman–Crippen LogP) is 3.59. The molecule has 1 N–H and O–H groups in total. The second kappa shape index (κ2) is 6.88. The number of para-hydroxylation sites is 1. The minimum absolute atomic E-state index is 0.0382. The Morgan fingerprint density at radius 3 is 2.86 bits per heavy atom. The van der Waals surface area contributed by atoms with Crippen LogP contribution in [0.15, 0.2) is 53.4 Å². The van der Waals surface area contributed by atoms with E-state index in [4.69, 9.17) is 4.74 Å². The number of hydrogen-bond acceptors (Lipinski definition) is 3. The van der Waals surface area contributed by atoms with Gasteiger partial charge in [0.05, 0.1) is 19.6 Å². The van der Waals surface area contributed by atoms with Crippen molar-refractivity contribution in [3.8, 4) is 5.75 Å². The van der Waals surface area contributed by atoms with Crippen molar-refractivity contribution in [1.29, 1.82) is 0 Å². The lowest BCUT2D eigenvalue weighted by Gasteiger charge is -2.26. The third-order valence-electron chi connectivity index (χ3n) is 3.84. The number of hydrogen-bond donors (Lipinski definition) is 1. The van der Waals surface area contributed by atoms with E-state index in [9.17, 15) is 4.79 Å². The predicted molar refractivity (Wildman–Crippen MR) is 89.4 cm³/mol. The van der Waals surface area contributed by atoms with Gasteiger partial charge in [0.1, 0.15) is 5.75 Å². The van der Waals surface area contributed by atoms with Gasteiger partial charge >= 0.3 is 0 Å². The normalized spacial score (nSPS) is 16.7. The lowest BCUT2D eigenvalue weighted by Crippen LogP contribution is -2.31. The molecule has 1 aliphatic rings. The monoisotopic (exact) mass is 313 g/mol. The number of amides is 1. The average molecular weight is 313 g/mol. The fourth-order valence-corrected chi connectivity index (χ4v) is 3.88. The van der Waals surface area contributed by atoms with Crippen molar-refractivity contribution < 1.29 is 9.53 Å². The van der Waals surface area contributed by atoms with Crippen LogP contribution in [0.5, 0.6) is 5.75 Å². The van der Waals surface area contributed by atoms with Gasteiger partial charge < -0.3 is 10.1 Å². The first-order chi connectivity index (χ1) is 10.8. The first kappa shape index (κ1) is 15.0. The molecule has 0 fully saturated rings. The minimum Gasteiger partial charge on any atom is -0.496 e. The summed E-state index contributed by atoms with van der Waals surface area (Å²) < 4.78 is 5.31. The number of ether oxygens (including phenoxy) is 1. The van der Waals surface area contributed by atoms with Crippen molar-refractivity contribution in [3.05, 3.63) is 59.7 Å². The van der Waals surface area contributed by atoms with E-state index in [-0.39, 0.29) is 11.9 Å². The Morgan fingerprint density at radius 2 is 2.00 bits per heavy atom. The number of carbonyl (C=O) groups excluding carboxylic acids is 1. The van der Waals surface area contributed by atoms with Gasteiger partial charge in [0.25, 0.3) is 0 Å². The fraction of sp³-hybridized carbons (Fsp3) is 0.278. The van der Waals surface area contributed by atoms with Crippen molar-refractivity contribution in [2.24, 2.45) is 0 Å². The van der Waals surface area contributed by atoms with Crippen molar-refractivity contribution >= 4 is 17.7 Å². The van der Waals surface area contributed by atoms with Crippen molar-refractivity contribution in [2.75, 3.05) is 12.9 Å². The Kier molecular flexibility index (Phi) is 4.68. The third-order valence-corrected chi connectivity index (χ3v) is 4.96. The Hall–Kier alpha value is -1.94. The van der Waals surface area contributed by atoms with Crippen LogP contribution in [-0.2, 0) is 11.2 Å². The number of nitrogens with one attached hydrogen (secondary N) is 1. The molecule has 1 amide bonds. The van der Waals surface area contributed by atoms with Gasteiger partial charge in [0, 0.05) is 16.2 Å². The number of methoxy groups -OCH3 is 1. The number of rotatable bonds is 4. The highest BCUT2D eigenvalue weighted by molar-refractivity contribution is 7.99. The molecule has 22 heavy (non-hydrogen) atoms. The van der Waals surface area contributed by atoms with Crippen LogP contribution in [0.25, 0.3) is 0 Å². The molecule has 2 aromatic carbocycles. The molecule has 1 aliphatic heterocycles. The highest BCUT2D eigenvalue weighted by Gasteiger charge is 2.22. The van der Waals surface area contributed by atoms with Crippen LogP contribution in [0.3, 0.4) is 0 Å². The minimum atomic E-state index is 0.0382. The van der Waals surface area contributed by atoms with E-state index in [2.05, 4.69) is 17.4 Å². The van der Waals surface area contributed by atoms with Crippen LogP contribution in [0.2, 0.25) is 0 Å². The van der Waals surface area contributed by atoms with Crippen molar-refractivity contribution in [1.82, 2.24) is 5.32 Å². The zero-order chi connectivity index (χ0) is 15.4. The molecule has 0 spiro atoms. The van der Waals surface area contributed by atoms with Crippen molar-refractivity contribution in [2.45, 2.75) is 23.8 Å². The molecule has 3 nitrogen and oxygen atoms in total. The SMILES string of the molecule is COc1ccccc1CC(=O)N[C@@H]1CCSc2ccccc21. The van der Waals surface area contributed by atoms with Crippen LogP contribution in [0.1, 0.15) is 23.6 Å². The smallest absolute Gasteiger partial charge is 0.225 e. The van der Waals surface area contributed by atoms with Gasteiger partial charge in [-0.2, -0.15) is 0 Å². The van der Waals surface area contributed by atoms with Crippen molar-refractivity contribution in [3.63, 3.8) is 0 Å². The second-order valence-corrected chi connectivity index (χ2v) is 6.42. The molecule has 0 saturated carbocycles. The molecule has 4 heteroatoms. The lowest BCUT2D eigenvalue weighted by atomic mass is 10.0. The first-order valence-electron chi connectivity index (χ1n) is 7.41. The number of fused-ring (bicyclic) bond motifs is 1. The molecular weight excluding hydrogens is 294 g/mol. The van der Waals surface area contributed by atoms with Gasteiger partial charge in [-0.1, -0.05) is 36.4 Å². The lowest BCUT2D eigenvalue weighted by molar-refractivity contribution is -0.121.